The SMILES string of the molecule is Cc1cc(C(C)(C)C)cc(CN(CCN(CC(=O)O)Cc2cc(C(C)(C)C)cc(C)c2O)COC=O)c1O. The fraction of sp³-hybridized carbons (Fsp3) is 0.533. The van der Waals surface area contributed by atoms with Gasteiger partial charge in [-0.1, -0.05) is 65.8 Å². The van der Waals surface area contributed by atoms with Crippen molar-refractivity contribution in [3.8, 4) is 11.5 Å². The maximum Gasteiger partial charge on any atom is 0.317 e. The second-order valence-electron chi connectivity index (χ2n) is 12.2. The Balaban J connectivity index is 2.31. The summed E-state index contributed by atoms with van der Waals surface area (Å²) in [5.41, 5.74) is 4.78. The van der Waals surface area contributed by atoms with Crippen molar-refractivity contribution in [2.24, 2.45) is 0 Å². The molecular weight excluding hydrogens is 484 g/mol. The zero-order chi connectivity index (χ0) is 28.8. The third-order valence-electron chi connectivity index (χ3n) is 6.70. The standard InChI is InChI=1S/C30H44N2O6/c1-20-11-24(29(3,4)5)13-22(27(20)36)15-31(17-26(34)35)9-10-32(18-38-19-33)16-23-14-25(30(6,7)8)12-21(2)28(23)37/h11-14,19,36-37H,9-10,15-18H2,1-8H3,(H,34,35). The van der Waals surface area contributed by atoms with Gasteiger partial charge in [0.25, 0.3) is 6.47 Å². The summed E-state index contributed by atoms with van der Waals surface area (Å²) in [6.45, 7) is 17.7. The minimum Gasteiger partial charge on any atom is -0.507 e. The Bertz CT molecular complexity index is 1130. The molecule has 0 radical (unpaired) electrons. The molecule has 8 nitrogen and oxygen atoms in total. The van der Waals surface area contributed by atoms with Crippen molar-refractivity contribution in [1.29, 1.82) is 0 Å². The number of aliphatic carboxylic acids is 1. The molecule has 0 aliphatic heterocycles. The molecule has 2 aromatic rings. The van der Waals surface area contributed by atoms with Crippen LogP contribution in [-0.4, -0.2) is 63.9 Å². The molecule has 0 atom stereocenters. The number of aryl methyl sites for hydroxylation is 2. The van der Waals surface area contributed by atoms with Crippen molar-refractivity contribution in [1.82, 2.24) is 9.80 Å². The molecule has 2 rings (SSSR count). The van der Waals surface area contributed by atoms with Crippen molar-refractivity contribution in [2.75, 3.05) is 26.4 Å². The highest BCUT2D eigenvalue weighted by atomic mass is 16.5. The van der Waals surface area contributed by atoms with Crippen LogP contribution in [-0.2, 0) is 38.2 Å². The number of nitrogens with zero attached hydrogens (tertiary/aromatic N) is 2. The van der Waals surface area contributed by atoms with Crippen LogP contribution >= 0.6 is 0 Å². The molecule has 0 aliphatic rings. The number of hydrogen-bond donors (Lipinski definition) is 3. The van der Waals surface area contributed by atoms with Gasteiger partial charge in [-0.05, 0) is 46.9 Å². The van der Waals surface area contributed by atoms with Crippen LogP contribution in [0.25, 0.3) is 0 Å². The summed E-state index contributed by atoms with van der Waals surface area (Å²) in [5.74, 6) is -0.625. The molecule has 0 saturated carbocycles. The molecule has 2 aromatic carbocycles. The van der Waals surface area contributed by atoms with Gasteiger partial charge in [0.05, 0.1) is 6.54 Å². The average Bonchev–Trinajstić information content (AvgIpc) is 2.79. The number of aromatic hydroxyl groups is 2. The minimum atomic E-state index is -0.977. The van der Waals surface area contributed by atoms with Crippen LogP contribution < -0.4 is 0 Å². The van der Waals surface area contributed by atoms with Gasteiger partial charge in [-0.15, -0.1) is 0 Å². The first-order valence-electron chi connectivity index (χ1n) is 12.9. The minimum absolute atomic E-state index is 0.00743. The second-order valence-corrected chi connectivity index (χ2v) is 12.2. The first-order chi connectivity index (χ1) is 17.5. The van der Waals surface area contributed by atoms with E-state index >= 15 is 0 Å². The average molecular weight is 529 g/mol. The van der Waals surface area contributed by atoms with Crippen LogP contribution in [0.1, 0.15) is 74.9 Å². The van der Waals surface area contributed by atoms with Crippen molar-refractivity contribution in [2.45, 2.75) is 79.3 Å². The number of phenolic OH excluding ortho intramolecular Hbond substituents is 2. The van der Waals surface area contributed by atoms with Crippen molar-refractivity contribution >= 4 is 12.4 Å². The normalized spacial score (nSPS) is 12.3. The summed E-state index contributed by atoms with van der Waals surface area (Å²) >= 11 is 0. The molecule has 0 bridgehead atoms. The summed E-state index contributed by atoms with van der Waals surface area (Å²) in [4.78, 5) is 26.2. The monoisotopic (exact) mass is 528 g/mol. The molecule has 0 saturated heterocycles. The van der Waals surface area contributed by atoms with Gasteiger partial charge < -0.3 is 20.1 Å². The number of carboxylic acids is 1. The number of carbonyl (C=O) groups excluding carboxylic acids is 1. The highest BCUT2D eigenvalue weighted by Gasteiger charge is 2.22. The van der Waals surface area contributed by atoms with Crippen molar-refractivity contribution in [3.63, 3.8) is 0 Å². The van der Waals surface area contributed by atoms with Gasteiger partial charge in [0.15, 0.2) is 0 Å². The molecule has 0 spiro atoms. The Hall–Kier alpha value is -3.10. The highest BCUT2D eigenvalue weighted by molar-refractivity contribution is 5.69. The molecule has 0 fully saturated rings. The molecule has 0 amide bonds. The van der Waals surface area contributed by atoms with Crippen molar-refractivity contribution in [3.05, 3.63) is 57.6 Å². The van der Waals surface area contributed by atoms with Crippen LogP contribution in [0.2, 0.25) is 0 Å². The highest BCUT2D eigenvalue weighted by Crippen LogP contribution is 2.33. The lowest BCUT2D eigenvalue weighted by molar-refractivity contribution is -0.138. The summed E-state index contributed by atoms with van der Waals surface area (Å²) in [7, 11) is 0. The Morgan fingerprint density at radius 2 is 1.24 bits per heavy atom. The Morgan fingerprint density at radius 1 is 0.816 bits per heavy atom. The first-order valence-corrected chi connectivity index (χ1v) is 12.9. The van der Waals surface area contributed by atoms with Gasteiger partial charge in [-0.25, -0.2) is 0 Å². The van der Waals surface area contributed by atoms with E-state index in [1.165, 1.54) is 0 Å². The number of ether oxygens (including phenoxy) is 1. The van der Waals surface area contributed by atoms with E-state index in [-0.39, 0.29) is 42.1 Å². The van der Waals surface area contributed by atoms with Crippen LogP contribution in [0.3, 0.4) is 0 Å². The van der Waals surface area contributed by atoms with Gasteiger partial charge in [0.1, 0.15) is 18.2 Å². The fourth-order valence-corrected chi connectivity index (χ4v) is 4.31. The molecule has 210 valence electrons. The van der Waals surface area contributed by atoms with Crippen LogP contribution in [0.5, 0.6) is 11.5 Å². The fourth-order valence-electron chi connectivity index (χ4n) is 4.31. The Labute approximate surface area is 226 Å². The molecule has 38 heavy (non-hydrogen) atoms. The molecule has 0 heterocycles. The van der Waals surface area contributed by atoms with Crippen molar-refractivity contribution < 1.29 is 29.6 Å². The predicted molar refractivity (Wildman–Crippen MR) is 148 cm³/mol. The lowest BCUT2D eigenvalue weighted by Crippen LogP contribution is -2.38. The van der Waals surface area contributed by atoms with E-state index in [1.54, 1.807) is 4.90 Å². The van der Waals surface area contributed by atoms with E-state index in [1.807, 2.05) is 43.0 Å². The van der Waals surface area contributed by atoms with E-state index in [0.29, 0.717) is 37.2 Å². The zero-order valence-corrected chi connectivity index (χ0v) is 24.1. The van der Waals surface area contributed by atoms with E-state index in [2.05, 4.69) is 41.5 Å². The zero-order valence-electron chi connectivity index (χ0n) is 24.1. The second kappa shape index (κ2) is 12.6. The molecular formula is C30H44N2O6. The van der Waals surface area contributed by atoms with E-state index in [9.17, 15) is 24.9 Å². The molecule has 0 aliphatic carbocycles. The molecule has 0 aromatic heterocycles. The molecule has 0 unspecified atom stereocenters. The predicted octanol–water partition coefficient (Wildman–Crippen LogP) is 4.83. The maximum atomic E-state index is 11.7. The Morgan fingerprint density at radius 3 is 1.63 bits per heavy atom. The topological polar surface area (TPSA) is 111 Å². The lowest BCUT2D eigenvalue weighted by Gasteiger charge is -2.28. The molecule has 3 N–H and O–H groups in total. The Kier molecular flexibility index (Phi) is 10.3. The van der Waals surface area contributed by atoms with Gasteiger partial charge in [-0.2, -0.15) is 0 Å². The number of carboxylic acid groups (broad SMARTS) is 1. The van der Waals surface area contributed by atoms with E-state index < -0.39 is 5.97 Å². The van der Waals surface area contributed by atoms with Gasteiger partial charge in [0.2, 0.25) is 0 Å². The number of carbonyl (C=O) groups is 2. The summed E-state index contributed by atoms with van der Waals surface area (Å²) in [6, 6.07) is 7.83. The number of benzene rings is 2. The number of hydrogen-bond acceptors (Lipinski definition) is 7. The van der Waals surface area contributed by atoms with Gasteiger partial charge in [0, 0.05) is 37.3 Å². The third-order valence-corrected chi connectivity index (χ3v) is 6.70. The van der Waals surface area contributed by atoms with Crippen LogP contribution in [0.15, 0.2) is 24.3 Å². The molecule has 8 heteroatoms. The summed E-state index contributed by atoms with van der Waals surface area (Å²) in [5, 5.41) is 31.0. The lowest BCUT2D eigenvalue weighted by atomic mass is 9.84. The number of phenols is 2. The largest absolute Gasteiger partial charge is 0.507 e. The van der Waals surface area contributed by atoms with Crippen LogP contribution in [0.4, 0.5) is 0 Å². The van der Waals surface area contributed by atoms with Crippen LogP contribution in [0, 0.1) is 13.8 Å². The number of rotatable bonds is 12. The van der Waals surface area contributed by atoms with E-state index in [4.69, 9.17) is 4.74 Å². The van der Waals surface area contributed by atoms with Gasteiger partial charge in [-0.3, -0.25) is 19.4 Å². The maximum absolute atomic E-state index is 11.7. The third kappa shape index (κ3) is 8.74. The summed E-state index contributed by atoms with van der Waals surface area (Å²) < 4.78 is 5.04. The van der Waals surface area contributed by atoms with E-state index in [0.717, 1.165) is 22.3 Å². The van der Waals surface area contributed by atoms with Gasteiger partial charge >= 0.3 is 5.97 Å². The smallest absolute Gasteiger partial charge is 0.317 e. The quantitative estimate of drug-likeness (QED) is 0.265. The first kappa shape index (κ1) is 31.1. The summed E-state index contributed by atoms with van der Waals surface area (Å²) in [6.07, 6.45) is 0.